The largest absolute Gasteiger partial charge is 0.465 e. The lowest BCUT2D eigenvalue weighted by molar-refractivity contribution is -0.151. The molecule has 0 aromatic carbocycles. The van der Waals surface area contributed by atoms with E-state index >= 15 is 0 Å². The lowest BCUT2D eigenvalue weighted by Crippen LogP contribution is -2.52. The molecule has 2 rings (SSSR count). The van der Waals surface area contributed by atoms with Crippen molar-refractivity contribution >= 4 is 5.97 Å². The number of carbonyl (C=O) groups is 1. The monoisotopic (exact) mass is 296 g/mol. The lowest BCUT2D eigenvalue weighted by atomic mass is 9.96. The molecule has 0 bridgehead atoms. The van der Waals surface area contributed by atoms with Crippen LogP contribution in [0, 0.1) is 0 Å². The van der Waals surface area contributed by atoms with Crippen molar-refractivity contribution in [1.82, 2.24) is 10.2 Å². The highest BCUT2D eigenvalue weighted by atomic mass is 16.5. The average Bonchev–Trinajstić information content (AvgIpc) is 3.12. The van der Waals surface area contributed by atoms with Crippen LogP contribution < -0.4 is 5.32 Å². The minimum atomic E-state index is -0.433. The van der Waals surface area contributed by atoms with Crippen LogP contribution in [0.1, 0.15) is 65.7 Å². The zero-order valence-corrected chi connectivity index (χ0v) is 14.0. The van der Waals surface area contributed by atoms with Crippen molar-refractivity contribution in [2.75, 3.05) is 19.7 Å². The van der Waals surface area contributed by atoms with E-state index in [9.17, 15) is 4.79 Å². The number of esters is 1. The van der Waals surface area contributed by atoms with Crippen LogP contribution in [0.15, 0.2) is 0 Å². The van der Waals surface area contributed by atoms with E-state index in [1.165, 1.54) is 25.8 Å². The van der Waals surface area contributed by atoms with Crippen LogP contribution in [0.4, 0.5) is 0 Å². The molecular weight excluding hydrogens is 264 g/mol. The quantitative estimate of drug-likeness (QED) is 0.734. The zero-order chi connectivity index (χ0) is 15.3. The fourth-order valence-electron chi connectivity index (χ4n) is 4.13. The van der Waals surface area contributed by atoms with Gasteiger partial charge in [-0.3, -0.25) is 9.69 Å². The van der Waals surface area contributed by atoms with E-state index in [-0.39, 0.29) is 5.97 Å². The third-order valence-corrected chi connectivity index (χ3v) is 5.23. The highest BCUT2D eigenvalue weighted by Crippen LogP contribution is 2.37. The van der Waals surface area contributed by atoms with Gasteiger partial charge in [-0.05, 0) is 65.0 Å². The first-order valence-electron chi connectivity index (χ1n) is 8.84. The van der Waals surface area contributed by atoms with E-state index in [0.29, 0.717) is 12.6 Å². The third kappa shape index (κ3) is 3.59. The van der Waals surface area contributed by atoms with Crippen LogP contribution >= 0.6 is 0 Å². The fraction of sp³-hybridized carbons (Fsp3) is 0.941. The standard InChI is InChI=1S/C17H32N2O2/c1-4-11-18-17(16(20)21-6-3)10-9-15(13-17)19-12-7-8-14(19)5-2/h14-15,18H,4-13H2,1-3H3. The van der Waals surface area contributed by atoms with Gasteiger partial charge in [-0.25, -0.2) is 0 Å². The maximum absolute atomic E-state index is 12.5. The normalized spacial score (nSPS) is 33.5. The Morgan fingerprint density at radius 2 is 2.14 bits per heavy atom. The van der Waals surface area contributed by atoms with E-state index in [1.54, 1.807) is 0 Å². The van der Waals surface area contributed by atoms with E-state index in [4.69, 9.17) is 4.74 Å². The second kappa shape index (κ2) is 7.59. The molecule has 21 heavy (non-hydrogen) atoms. The molecule has 4 nitrogen and oxygen atoms in total. The van der Waals surface area contributed by atoms with Gasteiger partial charge < -0.3 is 10.1 Å². The van der Waals surface area contributed by atoms with Gasteiger partial charge in [-0.2, -0.15) is 0 Å². The summed E-state index contributed by atoms with van der Waals surface area (Å²) in [7, 11) is 0. The maximum Gasteiger partial charge on any atom is 0.326 e. The van der Waals surface area contributed by atoms with Gasteiger partial charge in [-0.1, -0.05) is 13.8 Å². The number of nitrogens with one attached hydrogen (secondary N) is 1. The van der Waals surface area contributed by atoms with Crippen molar-refractivity contribution in [3.8, 4) is 0 Å². The summed E-state index contributed by atoms with van der Waals surface area (Å²) in [6.07, 6.45) is 7.86. The van der Waals surface area contributed by atoms with Gasteiger partial charge in [0.1, 0.15) is 5.54 Å². The van der Waals surface area contributed by atoms with Crippen LogP contribution in [0.25, 0.3) is 0 Å². The highest BCUT2D eigenvalue weighted by Gasteiger charge is 2.48. The second-order valence-corrected chi connectivity index (χ2v) is 6.57. The molecule has 3 unspecified atom stereocenters. The number of ether oxygens (including phenoxy) is 1. The van der Waals surface area contributed by atoms with Crippen LogP contribution in [0.5, 0.6) is 0 Å². The first kappa shape index (κ1) is 16.8. The second-order valence-electron chi connectivity index (χ2n) is 6.57. The predicted octanol–water partition coefficient (Wildman–Crippen LogP) is 2.71. The van der Waals surface area contributed by atoms with Crippen molar-refractivity contribution in [1.29, 1.82) is 0 Å². The Labute approximate surface area is 129 Å². The van der Waals surface area contributed by atoms with Gasteiger partial charge in [0, 0.05) is 12.1 Å². The molecule has 122 valence electrons. The Balaban J connectivity index is 2.04. The summed E-state index contributed by atoms with van der Waals surface area (Å²) in [6.45, 7) is 8.89. The van der Waals surface area contributed by atoms with Gasteiger partial charge in [-0.15, -0.1) is 0 Å². The molecule has 4 heteroatoms. The Morgan fingerprint density at radius 1 is 1.33 bits per heavy atom. The first-order valence-corrected chi connectivity index (χ1v) is 8.84. The Hall–Kier alpha value is -0.610. The smallest absolute Gasteiger partial charge is 0.326 e. The lowest BCUT2D eigenvalue weighted by Gasteiger charge is -2.33. The summed E-state index contributed by atoms with van der Waals surface area (Å²) in [5.41, 5.74) is -0.433. The minimum Gasteiger partial charge on any atom is -0.465 e. The molecule has 2 aliphatic rings. The van der Waals surface area contributed by atoms with Gasteiger partial charge in [0.05, 0.1) is 6.61 Å². The Bertz CT molecular complexity index is 348. The van der Waals surface area contributed by atoms with E-state index in [0.717, 1.165) is 38.3 Å². The Kier molecular flexibility index (Phi) is 6.06. The molecule has 1 saturated heterocycles. The molecule has 0 amide bonds. The van der Waals surface area contributed by atoms with E-state index in [2.05, 4.69) is 24.1 Å². The molecule has 1 N–H and O–H groups in total. The van der Waals surface area contributed by atoms with Crippen LogP contribution in [0.2, 0.25) is 0 Å². The van der Waals surface area contributed by atoms with Crippen molar-refractivity contribution in [3.05, 3.63) is 0 Å². The number of carbonyl (C=O) groups excluding carboxylic acids is 1. The average molecular weight is 296 g/mol. The number of nitrogens with zero attached hydrogens (tertiary/aromatic N) is 1. The first-order chi connectivity index (χ1) is 10.2. The van der Waals surface area contributed by atoms with Crippen molar-refractivity contribution in [2.24, 2.45) is 0 Å². The van der Waals surface area contributed by atoms with E-state index in [1.807, 2.05) is 6.92 Å². The molecule has 0 radical (unpaired) electrons. The van der Waals surface area contributed by atoms with Crippen molar-refractivity contribution in [2.45, 2.75) is 83.3 Å². The molecule has 3 atom stereocenters. The van der Waals surface area contributed by atoms with Crippen molar-refractivity contribution in [3.63, 3.8) is 0 Å². The molecule has 0 spiro atoms. The van der Waals surface area contributed by atoms with Gasteiger partial charge in [0.25, 0.3) is 0 Å². The van der Waals surface area contributed by atoms with E-state index < -0.39 is 5.54 Å². The predicted molar refractivity (Wildman–Crippen MR) is 85.3 cm³/mol. The summed E-state index contributed by atoms with van der Waals surface area (Å²) >= 11 is 0. The van der Waals surface area contributed by atoms with Crippen LogP contribution in [0.3, 0.4) is 0 Å². The molecule has 2 fully saturated rings. The molecule has 0 aromatic heterocycles. The van der Waals surface area contributed by atoms with Gasteiger partial charge >= 0.3 is 5.97 Å². The summed E-state index contributed by atoms with van der Waals surface area (Å²) in [5.74, 6) is -0.0341. The van der Waals surface area contributed by atoms with Crippen LogP contribution in [-0.2, 0) is 9.53 Å². The molecule has 0 aromatic rings. The minimum absolute atomic E-state index is 0.0341. The molecule has 1 saturated carbocycles. The number of rotatable bonds is 7. The summed E-state index contributed by atoms with van der Waals surface area (Å²) in [6, 6.07) is 1.27. The molecule has 1 heterocycles. The number of hydrogen-bond donors (Lipinski definition) is 1. The molecule has 1 aliphatic carbocycles. The third-order valence-electron chi connectivity index (χ3n) is 5.23. The SMILES string of the molecule is CCCNC1(C(=O)OCC)CCC(N2CCCC2CC)C1. The fourth-order valence-corrected chi connectivity index (χ4v) is 4.13. The van der Waals surface area contributed by atoms with Gasteiger partial charge in [0.2, 0.25) is 0 Å². The summed E-state index contributed by atoms with van der Waals surface area (Å²) < 4.78 is 5.37. The zero-order valence-electron chi connectivity index (χ0n) is 14.0. The summed E-state index contributed by atoms with van der Waals surface area (Å²) in [5, 5.41) is 3.51. The number of hydrogen-bond acceptors (Lipinski definition) is 4. The maximum atomic E-state index is 12.5. The topological polar surface area (TPSA) is 41.6 Å². The van der Waals surface area contributed by atoms with Crippen LogP contribution in [-0.4, -0.2) is 48.2 Å². The van der Waals surface area contributed by atoms with Crippen molar-refractivity contribution < 1.29 is 9.53 Å². The Morgan fingerprint density at radius 3 is 2.81 bits per heavy atom. The summed E-state index contributed by atoms with van der Waals surface area (Å²) in [4.78, 5) is 15.1. The van der Waals surface area contributed by atoms with Gasteiger partial charge in [0.15, 0.2) is 0 Å². The molecule has 1 aliphatic heterocycles. The highest BCUT2D eigenvalue weighted by molar-refractivity contribution is 5.81. The molecular formula is C17H32N2O2. The number of likely N-dealkylation sites (tertiary alicyclic amines) is 1.